The standard InChI is InChI=1S/C11H20N2O/c1-9(2)13-11(7-12)5-6-14-8-10-3-4-10/h9-11,13H,3-6,8H2,1-2H3. The van der Waals surface area contributed by atoms with Gasteiger partial charge in [0.25, 0.3) is 0 Å². The first-order chi connectivity index (χ1) is 6.72. The van der Waals surface area contributed by atoms with Crippen LogP contribution in [0.15, 0.2) is 0 Å². The summed E-state index contributed by atoms with van der Waals surface area (Å²) >= 11 is 0. The molecule has 1 fully saturated rings. The number of hydrogen-bond acceptors (Lipinski definition) is 3. The molecule has 0 spiro atoms. The van der Waals surface area contributed by atoms with E-state index < -0.39 is 0 Å². The maximum absolute atomic E-state index is 8.83. The van der Waals surface area contributed by atoms with Crippen molar-refractivity contribution in [1.82, 2.24) is 5.32 Å². The number of nitrogens with zero attached hydrogens (tertiary/aromatic N) is 1. The van der Waals surface area contributed by atoms with Gasteiger partial charge in [0.05, 0.1) is 12.1 Å². The topological polar surface area (TPSA) is 45.0 Å². The van der Waals surface area contributed by atoms with E-state index in [0.717, 1.165) is 18.9 Å². The molecule has 1 N–H and O–H groups in total. The van der Waals surface area contributed by atoms with Crippen LogP contribution in [-0.4, -0.2) is 25.3 Å². The molecule has 14 heavy (non-hydrogen) atoms. The molecule has 0 bridgehead atoms. The molecule has 1 aliphatic rings. The fourth-order valence-electron chi connectivity index (χ4n) is 1.32. The molecule has 1 saturated carbocycles. The summed E-state index contributed by atoms with van der Waals surface area (Å²) in [6.45, 7) is 5.69. The van der Waals surface area contributed by atoms with E-state index in [1.165, 1.54) is 12.8 Å². The zero-order valence-corrected chi connectivity index (χ0v) is 9.12. The van der Waals surface area contributed by atoms with E-state index >= 15 is 0 Å². The number of rotatable bonds is 7. The Morgan fingerprint density at radius 2 is 2.21 bits per heavy atom. The summed E-state index contributed by atoms with van der Waals surface area (Å²) in [4.78, 5) is 0. The van der Waals surface area contributed by atoms with Crippen molar-refractivity contribution < 1.29 is 4.74 Å². The predicted molar refractivity (Wildman–Crippen MR) is 55.8 cm³/mol. The summed E-state index contributed by atoms with van der Waals surface area (Å²) in [6, 6.07) is 2.55. The van der Waals surface area contributed by atoms with Crippen LogP contribution in [0.4, 0.5) is 0 Å². The van der Waals surface area contributed by atoms with Crippen molar-refractivity contribution in [2.24, 2.45) is 5.92 Å². The zero-order valence-electron chi connectivity index (χ0n) is 9.12. The lowest BCUT2D eigenvalue weighted by molar-refractivity contribution is 0.118. The van der Waals surface area contributed by atoms with Crippen molar-refractivity contribution in [3.05, 3.63) is 0 Å². The summed E-state index contributed by atoms with van der Waals surface area (Å²) in [5.41, 5.74) is 0. The van der Waals surface area contributed by atoms with Crippen molar-refractivity contribution in [1.29, 1.82) is 5.26 Å². The first-order valence-electron chi connectivity index (χ1n) is 5.45. The van der Waals surface area contributed by atoms with Gasteiger partial charge in [-0.05, 0) is 39.0 Å². The molecule has 3 heteroatoms. The quantitative estimate of drug-likeness (QED) is 0.630. The van der Waals surface area contributed by atoms with Gasteiger partial charge in [0.1, 0.15) is 0 Å². The smallest absolute Gasteiger partial charge is 0.0976 e. The monoisotopic (exact) mass is 196 g/mol. The second-order valence-corrected chi connectivity index (χ2v) is 4.31. The van der Waals surface area contributed by atoms with Gasteiger partial charge in [-0.25, -0.2) is 0 Å². The van der Waals surface area contributed by atoms with E-state index in [9.17, 15) is 0 Å². The van der Waals surface area contributed by atoms with Gasteiger partial charge in [0.2, 0.25) is 0 Å². The van der Waals surface area contributed by atoms with Crippen LogP contribution in [0.25, 0.3) is 0 Å². The largest absolute Gasteiger partial charge is 0.381 e. The van der Waals surface area contributed by atoms with E-state index in [-0.39, 0.29) is 6.04 Å². The van der Waals surface area contributed by atoms with E-state index in [1.807, 2.05) is 0 Å². The third-order valence-corrected chi connectivity index (χ3v) is 2.29. The van der Waals surface area contributed by atoms with Gasteiger partial charge in [-0.2, -0.15) is 5.26 Å². The number of nitriles is 1. The number of hydrogen-bond donors (Lipinski definition) is 1. The second kappa shape index (κ2) is 6.00. The molecule has 3 nitrogen and oxygen atoms in total. The Balaban J connectivity index is 1.98. The molecule has 0 heterocycles. The third-order valence-electron chi connectivity index (χ3n) is 2.29. The van der Waals surface area contributed by atoms with Crippen LogP contribution in [0.1, 0.15) is 33.1 Å². The van der Waals surface area contributed by atoms with Gasteiger partial charge < -0.3 is 4.74 Å². The second-order valence-electron chi connectivity index (χ2n) is 4.31. The Morgan fingerprint density at radius 3 is 2.71 bits per heavy atom. The SMILES string of the molecule is CC(C)NC(C#N)CCOCC1CC1. The van der Waals surface area contributed by atoms with Crippen molar-refractivity contribution in [2.75, 3.05) is 13.2 Å². The Bertz CT molecular complexity index is 194. The summed E-state index contributed by atoms with van der Waals surface area (Å²) in [5, 5.41) is 12.0. The van der Waals surface area contributed by atoms with Crippen molar-refractivity contribution in [3.8, 4) is 6.07 Å². The molecule has 1 unspecified atom stereocenters. The lowest BCUT2D eigenvalue weighted by Crippen LogP contribution is -2.34. The molecule has 0 aromatic heterocycles. The van der Waals surface area contributed by atoms with Crippen LogP contribution in [0.3, 0.4) is 0 Å². The van der Waals surface area contributed by atoms with Crippen LogP contribution < -0.4 is 5.32 Å². The highest BCUT2D eigenvalue weighted by Crippen LogP contribution is 2.28. The lowest BCUT2D eigenvalue weighted by Gasteiger charge is -2.14. The Kier molecular flexibility index (Phi) is 4.92. The normalized spacial score (nSPS) is 18.1. The van der Waals surface area contributed by atoms with E-state index in [2.05, 4.69) is 25.2 Å². The van der Waals surface area contributed by atoms with Gasteiger partial charge in [0.15, 0.2) is 0 Å². The molecule has 1 rings (SSSR count). The van der Waals surface area contributed by atoms with Gasteiger partial charge in [-0.3, -0.25) is 5.32 Å². The van der Waals surface area contributed by atoms with Crippen LogP contribution >= 0.6 is 0 Å². The summed E-state index contributed by atoms with van der Waals surface area (Å²) in [6.07, 6.45) is 3.44. The first kappa shape index (κ1) is 11.5. The highest BCUT2D eigenvalue weighted by atomic mass is 16.5. The third kappa shape index (κ3) is 5.21. The fraction of sp³-hybridized carbons (Fsp3) is 0.909. The van der Waals surface area contributed by atoms with Crippen molar-refractivity contribution in [2.45, 2.75) is 45.2 Å². The minimum absolute atomic E-state index is 0.0609. The molecular formula is C11H20N2O. The van der Waals surface area contributed by atoms with Crippen LogP contribution in [-0.2, 0) is 4.74 Å². The number of ether oxygens (including phenoxy) is 1. The molecular weight excluding hydrogens is 176 g/mol. The van der Waals surface area contributed by atoms with Gasteiger partial charge in [-0.1, -0.05) is 0 Å². The summed E-state index contributed by atoms with van der Waals surface area (Å²) in [7, 11) is 0. The van der Waals surface area contributed by atoms with Crippen LogP contribution in [0, 0.1) is 17.2 Å². The van der Waals surface area contributed by atoms with Crippen LogP contribution in [0.5, 0.6) is 0 Å². The van der Waals surface area contributed by atoms with E-state index in [0.29, 0.717) is 12.6 Å². The minimum Gasteiger partial charge on any atom is -0.381 e. The van der Waals surface area contributed by atoms with E-state index in [1.54, 1.807) is 0 Å². The molecule has 0 aromatic carbocycles. The van der Waals surface area contributed by atoms with Gasteiger partial charge in [-0.15, -0.1) is 0 Å². The molecule has 1 aliphatic carbocycles. The van der Waals surface area contributed by atoms with Crippen molar-refractivity contribution in [3.63, 3.8) is 0 Å². The highest BCUT2D eigenvalue weighted by molar-refractivity contribution is 4.90. The maximum Gasteiger partial charge on any atom is 0.0976 e. The van der Waals surface area contributed by atoms with Crippen LogP contribution in [0.2, 0.25) is 0 Å². The van der Waals surface area contributed by atoms with Gasteiger partial charge >= 0.3 is 0 Å². The molecule has 1 atom stereocenters. The molecule has 0 radical (unpaired) electrons. The predicted octanol–water partition coefficient (Wildman–Crippen LogP) is 1.69. The maximum atomic E-state index is 8.83. The molecule has 0 saturated heterocycles. The summed E-state index contributed by atoms with van der Waals surface area (Å²) < 4.78 is 5.48. The molecule has 80 valence electrons. The molecule has 0 aliphatic heterocycles. The Morgan fingerprint density at radius 1 is 1.50 bits per heavy atom. The highest BCUT2D eigenvalue weighted by Gasteiger charge is 2.21. The van der Waals surface area contributed by atoms with E-state index in [4.69, 9.17) is 10.00 Å². The first-order valence-corrected chi connectivity index (χ1v) is 5.45. The zero-order chi connectivity index (χ0) is 10.4. The fourth-order valence-corrected chi connectivity index (χ4v) is 1.32. The Hall–Kier alpha value is -0.590. The lowest BCUT2D eigenvalue weighted by atomic mass is 10.2. The average Bonchev–Trinajstić information content (AvgIpc) is 2.93. The number of nitrogens with one attached hydrogen (secondary N) is 1. The van der Waals surface area contributed by atoms with Gasteiger partial charge in [0, 0.05) is 19.3 Å². The van der Waals surface area contributed by atoms with Crippen molar-refractivity contribution >= 4 is 0 Å². The Labute approximate surface area is 86.4 Å². The average molecular weight is 196 g/mol. The molecule has 0 amide bonds. The minimum atomic E-state index is -0.0609. The molecule has 0 aromatic rings. The summed E-state index contributed by atoms with van der Waals surface area (Å²) in [5.74, 6) is 0.814.